The van der Waals surface area contributed by atoms with Crippen molar-refractivity contribution in [2.75, 3.05) is 0 Å². The quantitative estimate of drug-likeness (QED) is 0.766. The lowest BCUT2D eigenvalue weighted by Gasteiger charge is -2.09. The van der Waals surface area contributed by atoms with Crippen LogP contribution in [0.1, 0.15) is 32.8 Å². The van der Waals surface area contributed by atoms with Gasteiger partial charge in [-0.1, -0.05) is 20.3 Å². The van der Waals surface area contributed by atoms with Gasteiger partial charge in [0.05, 0.1) is 0 Å². The van der Waals surface area contributed by atoms with Crippen molar-refractivity contribution >= 4 is 0 Å². The van der Waals surface area contributed by atoms with Gasteiger partial charge in [-0.25, -0.2) is 0 Å². The van der Waals surface area contributed by atoms with Crippen LogP contribution < -0.4 is 5.73 Å². The largest absolute Gasteiger partial charge is 0.354 e. The van der Waals surface area contributed by atoms with Gasteiger partial charge in [0.1, 0.15) is 0 Å². The van der Waals surface area contributed by atoms with E-state index in [1.165, 1.54) is 12.0 Å². The molecular weight excluding hydrogens is 172 g/mol. The summed E-state index contributed by atoms with van der Waals surface area (Å²) in [4.78, 5) is 0. The minimum absolute atomic E-state index is 0.259. The first kappa shape index (κ1) is 11.3. The standard InChI is InChI=1S/C12H22N2/c1-4-10(2)8-14-6-5-12(9-14)7-11(3)13/h5-6,9-11H,4,7-8,13H2,1-3H3. The van der Waals surface area contributed by atoms with E-state index in [-0.39, 0.29) is 6.04 Å². The highest BCUT2D eigenvalue weighted by atomic mass is 14.9. The number of aromatic nitrogens is 1. The summed E-state index contributed by atoms with van der Waals surface area (Å²) < 4.78 is 2.27. The molecule has 0 bridgehead atoms. The molecule has 0 saturated heterocycles. The summed E-state index contributed by atoms with van der Waals surface area (Å²) in [5.74, 6) is 0.755. The van der Waals surface area contributed by atoms with Crippen molar-refractivity contribution in [3.8, 4) is 0 Å². The van der Waals surface area contributed by atoms with Crippen molar-refractivity contribution in [3.63, 3.8) is 0 Å². The summed E-state index contributed by atoms with van der Waals surface area (Å²) in [6.07, 6.45) is 6.59. The maximum Gasteiger partial charge on any atom is 0.0245 e. The molecule has 0 amide bonds. The zero-order valence-corrected chi connectivity index (χ0v) is 9.53. The van der Waals surface area contributed by atoms with Crippen molar-refractivity contribution in [2.24, 2.45) is 11.7 Å². The van der Waals surface area contributed by atoms with Crippen LogP contribution in [-0.4, -0.2) is 10.6 Å². The van der Waals surface area contributed by atoms with Crippen LogP contribution in [0.2, 0.25) is 0 Å². The van der Waals surface area contributed by atoms with E-state index in [1.807, 2.05) is 6.92 Å². The Hall–Kier alpha value is -0.760. The fourth-order valence-electron chi connectivity index (χ4n) is 1.59. The Morgan fingerprint density at radius 3 is 2.71 bits per heavy atom. The predicted octanol–water partition coefficient (Wildman–Crippen LogP) is 2.42. The fraction of sp³-hybridized carbons (Fsp3) is 0.667. The maximum atomic E-state index is 5.75. The molecule has 14 heavy (non-hydrogen) atoms. The molecule has 2 nitrogen and oxygen atoms in total. The normalized spacial score (nSPS) is 15.4. The third kappa shape index (κ3) is 3.54. The van der Waals surface area contributed by atoms with Crippen molar-refractivity contribution in [3.05, 3.63) is 24.0 Å². The Morgan fingerprint density at radius 1 is 1.43 bits per heavy atom. The molecular formula is C12H22N2. The second-order valence-corrected chi connectivity index (χ2v) is 4.41. The molecule has 0 saturated carbocycles. The average molecular weight is 194 g/mol. The van der Waals surface area contributed by atoms with Gasteiger partial charge in [-0.05, 0) is 30.9 Å². The first-order valence-electron chi connectivity index (χ1n) is 5.52. The summed E-state index contributed by atoms with van der Waals surface area (Å²) in [5.41, 5.74) is 7.10. The van der Waals surface area contributed by atoms with Crippen molar-refractivity contribution in [2.45, 2.75) is 46.2 Å². The van der Waals surface area contributed by atoms with Gasteiger partial charge < -0.3 is 10.3 Å². The second-order valence-electron chi connectivity index (χ2n) is 4.41. The lowest BCUT2D eigenvalue weighted by Crippen LogP contribution is -2.17. The van der Waals surface area contributed by atoms with Crippen LogP contribution >= 0.6 is 0 Å². The monoisotopic (exact) mass is 194 g/mol. The molecule has 0 spiro atoms. The highest BCUT2D eigenvalue weighted by Crippen LogP contribution is 2.09. The Labute approximate surface area is 87.1 Å². The van der Waals surface area contributed by atoms with Gasteiger partial charge in [0, 0.05) is 25.0 Å². The van der Waals surface area contributed by atoms with E-state index >= 15 is 0 Å². The van der Waals surface area contributed by atoms with Crippen molar-refractivity contribution < 1.29 is 0 Å². The molecule has 0 aliphatic heterocycles. The van der Waals surface area contributed by atoms with Gasteiger partial charge in [0.15, 0.2) is 0 Å². The van der Waals surface area contributed by atoms with E-state index in [4.69, 9.17) is 5.73 Å². The second kappa shape index (κ2) is 5.20. The third-order valence-corrected chi connectivity index (χ3v) is 2.59. The Kier molecular flexibility index (Phi) is 4.21. The predicted molar refractivity (Wildman–Crippen MR) is 61.2 cm³/mol. The summed E-state index contributed by atoms with van der Waals surface area (Å²) in [6.45, 7) is 7.68. The van der Waals surface area contributed by atoms with E-state index in [1.54, 1.807) is 0 Å². The van der Waals surface area contributed by atoms with Gasteiger partial charge in [0.25, 0.3) is 0 Å². The lowest BCUT2D eigenvalue weighted by atomic mass is 10.1. The molecule has 0 aromatic carbocycles. The van der Waals surface area contributed by atoms with E-state index in [2.05, 4.69) is 36.9 Å². The lowest BCUT2D eigenvalue weighted by molar-refractivity contribution is 0.469. The molecule has 1 aromatic rings. The van der Waals surface area contributed by atoms with Crippen LogP contribution in [0.3, 0.4) is 0 Å². The molecule has 2 unspecified atom stereocenters. The zero-order valence-electron chi connectivity index (χ0n) is 9.53. The highest BCUT2D eigenvalue weighted by Gasteiger charge is 2.03. The SMILES string of the molecule is CCC(C)Cn1ccc(CC(C)N)c1. The molecule has 0 radical (unpaired) electrons. The number of hydrogen-bond donors (Lipinski definition) is 1. The van der Waals surface area contributed by atoms with Gasteiger partial charge in [-0.2, -0.15) is 0 Å². The smallest absolute Gasteiger partial charge is 0.0245 e. The topological polar surface area (TPSA) is 30.9 Å². The van der Waals surface area contributed by atoms with Crippen LogP contribution in [0.4, 0.5) is 0 Å². The Bertz CT molecular complexity index is 263. The zero-order chi connectivity index (χ0) is 10.6. The molecule has 0 aliphatic carbocycles. The van der Waals surface area contributed by atoms with Gasteiger partial charge >= 0.3 is 0 Å². The molecule has 80 valence electrons. The summed E-state index contributed by atoms with van der Waals surface area (Å²) in [5, 5.41) is 0. The maximum absolute atomic E-state index is 5.75. The minimum Gasteiger partial charge on any atom is -0.354 e. The first-order chi connectivity index (χ1) is 6.61. The summed E-state index contributed by atoms with van der Waals surface area (Å²) in [7, 11) is 0. The highest BCUT2D eigenvalue weighted by molar-refractivity contribution is 5.11. The molecule has 2 atom stereocenters. The van der Waals surface area contributed by atoms with Crippen LogP contribution in [0.5, 0.6) is 0 Å². The van der Waals surface area contributed by atoms with E-state index < -0.39 is 0 Å². The van der Waals surface area contributed by atoms with Gasteiger partial charge in [-0.15, -0.1) is 0 Å². The molecule has 1 aromatic heterocycles. The fourth-order valence-corrected chi connectivity index (χ4v) is 1.59. The minimum atomic E-state index is 0.259. The summed E-state index contributed by atoms with van der Waals surface area (Å²) in [6, 6.07) is 2.43. The molecule has 0 aliphatic rings. The molecule has 2 heteroatoms. The van der Waals surface area contributed by atoms with Crippen LogP contribution in [-0.2, 0) is 13.0 Å². The van der Waals surface area contributed by atoms with Crippen molar-refractivity contribution in [1.29, 1.82) is 0 Å². The Balaban J connectivity index is 2.50. The number of nitrogens with zero attached hydrogens (tertiary/aromatic N) is 1. The molecule has 1 heterocycles. The summed E-state index contributed by atoms with van der Waals surface area (Å²) >= 11 is 0. The average Bonchev–Trinajstić information content (AvgIpc) is 2.51. The van der Waals surface area contributed by atoms with Crippen molar-refractivity contribution in [1.82, 2.24) is 4.57 Å². The Morgan fingerprint density at radius 2 is 2.14 bits per heavy atom. The van der Waals surface area contributed by atoms with Gasteiger partial charge in [-0.3, -0.25) is 0 Å². The van der Waals surface area contributed by atoms with Crippen LogP contribution in [0, 0.1) is 5.92 Å². The molecule has 0 fully saturated rings. The number of nitrogens with two attached hydrogens (primary N) is 1. The first-order valence-corrected chi connectivity index (χ1v) is 5.52. The van der Waals surface area contributed by atoms with E-state index in [0.29, 0.717) is 0 Å². The number of rotatable bonds is 5. The molecule has 2 N–H and O–H groups in total. The third-order valence-electron chi connectivity index (χ3n) is 2.59. The van der Waals surface area contributed by atoms with E-state index in [0.717, 1.165) is 18.9 Å². The van der Waals surface area contributed by atoms with E-state index in [9.17, 15) is 0 Å². The van der Waals surface area contributed by atoms with Crippen LogP contribution in [0.25, 0.3) is 0 Å². The molecule has 1 rings (SSSR count). The van der Waals surface area contributed by atoms with Crippen LogP contribution in [0.15, 0.2) is 18.5 Å². The van der Waals surface area contributed by atoms with Gasteiger partial charge in [0.2, 0.25) is 0 Å². The number of hydrogen-bond acceptors (Lipinski definition) is 1.